The maximum atomic E-state index is 13.5. The molecule has 0 spiro atoms. The molecule has 2 aromatic rings. The lowest BCUT2D eigenvalue weighted by atomic mass is 9.69. The van der Waals surface area contributed by atoms with Gasteiger partial charge in [0.15, 0.2) is 17.3 Å². The SMILES string of the molecule is CCOc1ccc([C@@](CCC=N)(CCN2CCN(C3CCCCC3)CC2)CC(=N)C(=O)Cc2cc(C(F)(F)F)cc(C(F)(F)F)c2)cc1OCC. The normalized spacial score (nSPS) is 17.9. The van der Waals surface area contributed by atoms with Gasteiger partial charge in [-0.25, -0.2) is 0 Å². The number of ketones is 1. The smallest absolute Gasteiger partial charge is 0.416 e. The monoisotopic (exact) mass is 724 g/mol. The van der Waals surface area contributed by atoms with E-state index in [4.69, 9.17) is 20.3 Å². The van der Waals surface area contributed by atoms with Crippen molar-refractivity contribution in [3.8, 4) is 11.5 Å². The molecule has 2 fully saturated rings. The Morgan fingerprint density at radius 3 is 2.00 bits per heavy atom. The molecule has 0 radical (unpaired) electrons. The third-order valence-electron chi connectivity index (χ3n) is 10.2. The molecule has 1 saturated carbocycles. The summed E-state index contributed by atoms with van der Waals surface area (Å²) in [5.41, 5.74) is -3.99. The second kappa shape index (κ2) is 17.9. The van der Waals surface area contributed by atoms with Gasteiger partial charge in [-0.1, -0.05) is 25.3 Å². The molecule has 2 aromatic carbocycles. The van der Waals surface area contributed by atoms with Crippen molar-refractivity contribution < 1.29 is 40.6 Å². The zero-order chi connectivity index (χ0) is 37.2. The Bertz CT molecular complexity index is 1450. The molecule has 0 unspecified atom stereocenters. The number of carbonyl (C=O) groups excluding carboxylic acids is 1. The predicted molar refractivity (Wildman–Crippen MR) is 185 cm³/mol. The van der Waals surface area contributed by atoms with Crippen LogP contribution in [0.1, 0.15) is 93.9 Å². The van der Waals surface area contributed by atoms with Crippen molar-refractivity contribution in [1.82, 2.24) is 9.80 Å². The van der Waals surface area contributed by atoms with E-state index in [0.717, 1.165) is 31.7 Å². The Balaban J connectivity index is 1.63. The molecule has 0 bridgehead atoms. The Hall–Kier alpha value is -3.45. The van der Waals surface area contributed by atoms with E-state index in [9.17, 15) is 31.1 Å². The lowest BCUT2D eigenvalue weighted by Crippen LogP contribution is -2.51. The largest absolute Gasteiger partial charge is 0.490 e. The third-order valence-corrected chi connectivity index (χ3v) is 10.2. The first-order valence-electron chi connectivity index (χ1n) is 17.9. The highest BCUT2D eigenvalue weighted by Crippen LogP contribution is 2.42. The zero-order valence-electron chi connectivity index (χ0n) is 29.5. The lowest BCUT2D eigenvalue weighted by Gasteiger charge is -2.42. The van der Waals surface area contributed by atoms with Gasteiger partial charge < -0.3 is 25.2 Å². The van der Waals surface area contributed by atoms with Gasteiger partial charge >= 0.3 is 12.4 Å². The molecular formula is C38H50F6N4O3. The van der Waals surface area contributed by atoms with E-state index >= 15 is 0 Å². The van der Waals surface area contributed by atoms with E-state index in [1.165, 1.54) is 38.3 Å². The van der Waals surface area contributed by atoms with Gasteiger partial charge in [-0.05, 0) is 100 Å². The number of nitrogens with zero attached hydrogens (tertiary/aromatic N) is 2. The van der Waals surface area contributed by atoms with E-state index in [1.54, 1.807) is 6.07 Å². The van der Waals surface area contributed by atoms with Crippen molar-refractivity contribution in [3.05, 3.63) is 58.7 Å². The van der Waals surface area contributed by atoms with E-state index < -0.39 is 52.4 Å². The first-order chi connectivity index (χ1) is 24.2. The highest BCUT2D eigenvalue weighted by molar-refractivity contribution is 6.39. The molecule has 7 nitrogen and oxygen atoms in total. The summed E-state index contributed by atoms with van der Waals surface area (Å²) in [6.45, 7) is 8.68. The Morgan fingerprint density at radius 1 is 0.824 bits per heavy atom. The van der Waals surface area contributed by atoms with Crippen molar-refractivity contribution in [3.63, 3.8) is 0 Å². The van der Waals surface area contributed by atoms with Gasteiger partial charge in [-0.3, -0.25) is 9.69 Å². The number of ether oxygens (including phenoxy) is 2. The summed E-state index contributed by atoms with van der Waals surface area (Å²) in [5.74, 6) is 0.150. The molecule has 2 aliphatic rings. The number of benzene rings is 2. The van der Waals surface area contributed by atoms with E-state index in [2.05, 4.69) is 9.80 Å². The maximum absolute atomic E-state index is 13.5. The van der Waals surface area contributed by atoms with Crippen molar-refractivity contribution in [1.29, 1.82) is 10.8 Å². The summed E-state index contributed by atoms with van der Waals surface area (Å²) in [4.78, 5) is 18.5. The molecule has 51 heavy (non-hydrogen) atoms. The molecule has 1 heterocycles. The number of alkyl halides is 6. The lowest BCUT2D eigenvalue weighted by molar-refractivity contribution is -0.143. The molecule has 4 rings (SSSR count). The van der Waals surface area contributed by atoms with Crippen LogP contribution in [-0.2, 0) is 29.0 Å². The van der Waals surface area contributed by atoms with E-state index in [1.807, 2.05) is 26.0 Å². The standard InChI is InChI=1S/C38H50F6N4O3/c1-3-50-34-12-11-28(25-35(34)51-4-2)36(13-8-15-45,14-16-47-17-19-48(20-18-47)31-9-6-5-7-10-31)26-32(46)33(49)23-27-21-29(37(39,40)41)24-30(22-27)38(42,43)44/h11-12,15,21-22,24-25,31,45-46H,3-10,13-14,16-20,23,26H2,1-2H3/t36-/m0/s1. The van der Waals surface area contributed by atoms with Crippen molar-refractivity contribution in [2.45, 2.75) is 102 Å². The Labute approximate surface area is 296 Å². The van der Waals surface area contributed by atoms with Crippen LogP contribution in [0.2, 0.25) is 0 Å². The molecule has 1 aliphatic carbocycles. The fourth-order valence-corrected chi connectivity index (χ4v) is 7.44. The highest BCUT2D eigenvalue weighted by atomic mass is 19.4. The van der Waals surface area contributed by atoms with E-state index in [-0.39, 0.29) is 12.5 Å². The number of nitrogens with one attached hydrogen (secondary N) is 2. The van der Waals surface area contributed by atoms with Gasteiger partial charge in [0, 0.05) is 50.5 Å². The molecule has 282 valence electrons. The summed E-state index contributed by atoms with van der Waals surface area (Å²) in [6.07, 6.45) is -2.28. The minimum absolute atomic E-state index is 0.0263. The number of piperazine rings is 1. The number of hydrogen-bond donors (Lipinski definition) is 2. The second-order valence-corrected chi connectivity index (χ2v) is 13.6. The van der Waals surface area contributed by atoms with Gasteiger partial charge in [-0.15, -0.1) is 0 Å². The van der Waals surface area contributed by atoms with Crippen LogP contribution in [0, 0.1) is 10.8 Å². The summed E-state index contributed by atoms with van der Waals surface area (Å²) in [5, 5.41) is 16.8. The molecule has 13 heteroatoms. The predicted octanol–water partition coefficient (Wildman–Crippen LogP) is 8.75. The third kappa shape index (κ3) is 11.0. The van der Waals surface area contributed by atoms with Crippen LogP contribution in [0.3, 0.4) is 0 Å². The summed E-state index contributed by atoms with van der Waals surface area (Å²) >= 11 is 0. The number of Topliss-reactive ketones (excluding diaryl/α,β-unsaturated/α-hetero) is 1. The number of carbonyl (C=O) groups is 1. The molecule has 1 aliphatic heterocycles. The maximum Gasteiger partial charge on any atom is 0.416 e. The summed E-state index contributed by atoms with van der Waals surface area (Å²) < 4.78 is 92.9. The number of halogens is 6. The molecule has 1 atom stereocenters. The topological polar surface area (TPSA) is 89.7 Å². The minimum Gasteiger partial charge on any atom is -0.490 e. The second-order valence-electron chi connectivity index (χ2n) is 13.6. The fraction of sp³-hybridized carbons (Fsp3) is 0.605. The fourth-order valence-electron chi connectivity index (χ4n) is 7.44. The first-order valence-corrected chi connectivity index (χ1v) is 17.9. The molecule has 0 amide bonds. The van der Waals surface area contributed by atoms with Crippen LogP contribution in [0.25, 0.3) is 0 Å². The van der Waals surface area contributed by atoms with E-state index in [0.29, 0.717) is 68.7 Å². The first kappa shape index (κ1) is 40.3. The van der Waals surface area contributed by atoms with Crippen LogP contribution < -0.4 is 9.47 Å². The molecule has 0 aromatic heterocycles. The van der Waals surface area contributed by atoms with Gasteiger partial charge in [0.2, 0.25) is 0 Å². The number of rotatable bonds is 17. The summed E-state index contributed by atoms with van der Waals surface area (Å²) in [7, 11) is 0. The van der Waals surface area contributed by atoms with Gasteiger partial charge in [0.05, 0.1) is 30.1 Å². The van der Waals surface area contributed by atoms with Crippen LogP contribution in [-0.4, -0.2) is 79.5 Å². The van der Waals surface area contributed by atoms with Crippen molar-refractivity contribution in [2.24, 2.45) is 0 Å². The molecule has 1 saturated heterocycles. The zero-order valence-corrected chi connectivity index (χ0v) is 29.5. The van der Waals surface area contributed by atoms with Crippen LogP contribution in [0.15, 0.2) is 36.4 Å². The van der Waals surface area contributed by atoms with Crippen LogP contribution in [0.4, 0.5) is 26.3 Å². The minimum atomic E-state index is -5.05. The van der Waals surface area contributed by atoms with Crippen LogP contribution in [0.5, 0.6) is 11.5 Å². The highest BCUT2D eigenvalue weighted by Gasteiger charge is 2.39. The average Bonchev–Trinajstić information content (AvgIpc) is 3.10. The Kier molecular flexibility index (Phi) is 14.1. The number of hydrogen-bond acceptors (Lipinski definition) is 7. The molecular weight excluding hydrogens is 674 g/mol. The Morgan fingerprint density at radius 2 is 1.43 bits per heavy atom. The van der Waals surface area contributed by atoms with Crippen LogP contribution >= 0.6 is 0 Å². The van der Waals surface area contributed by atoms with Crippen molar-refractivity contribution in [2.75, 3.05) is 45.9 Å². The summed E-state index contributed by atoms with van der Waals surface area (Å²) in [6, 6.07) is 7.19. The van der Waals surface area contributed by atoms with Gasteiger partial charge in [0.1, 0.15) is 0 Å². The molecule has 2 N–H and O–H groups in total. The van der Waals surface area contributed by atoms with Crippen molar-refractivity contribution >= 4 is 17.7 Å². The quantitative estimate of drug-likeness (QED) is 0.126. The average molecular weight is 725 g/mol. The van der Waals surface area contributed by atoms with Gasteiger partial charge in [-0.2, -0.15) is 26.3 Å². The van der Waals surface area contributed by atoms with Gasteiger partial charge in [0.25, 0.3) is 0 Å².